The molecule has 1 N–H and O–H groups in total. The molecule has 1 aromatic rings. The fourth-order valence-electron chi connectivity index (χ4n) is 2.42. The van der Waals surface area contributed by atoms with E-state index in [-0.39, 0.29) is 6.61 Å². The molecular weight excluding hydrogens is 304 g/mol. The lowest BCUT2D eigenvalue weighted by atomic mass is 10.0. The van der Waals surface area contributed by atoms with Crippen LogP contribution in [-0.4, -0.2) is 26.2 Å². The van der Waals surface area contributed by atoms with Gasteiger partial charge in [-0.15, -0.1) is 0 Å². The first-order chi connectivity index (χ1) is 10.5. The van der Waals surface area contributed by atoms with Gasteiger partial charge < -0.3 is 4.74 Å². The summed E-state index contributed by atoms with van der Waals surface area (Å²) in [4.78, 5) is 11.7. The minimum Gasteiger partial charge on any atom is -0.484 e. The fourth-order valence-corrected chi connectivity index (χ4v) is 3.92. The van der Waals surface area contributed by atoms with E-state index in [1.165, 1.54) is 0 Å². The van der Waals surface area contributed by atoms with Crippen molar-refractivity contribution >= 4 is 15.9 Å². The first kappa shape index (κ1) is 16.3. The summed E-state index contributed by atoms with van der Waals surface area (Å²) in [5.74, 6) is -0.279. The van der Waals surface area contributed by atoms with Gasteiger partial charge in [-0.2, -0.15) is 5.26 Å². The Kier molecular flexibility index (Phi) is 5.39. The van der Waals surface area contributed by atoms with Crippen LogP contribution in [0.5, 0.6) is 5.75 Å². The van der Waals surface area contributed by atoms with Crippen LogP contribution in [0.2, 0.25) is 0 Å². The minimum atomic E-state index is -3.62. The van der Waals surface area contributed by atoms with E-state index in [4.69, 9.17) is 10.00 Å². The van der Waals surface area contributed by atoms with Crippen LogP contribution in [0.3, 0.4) is 0 Å². The van der Waals surface area contributed by atoms with Gasteiger partial charge in [0.15, 0.2) is 6.61 Å². The summed E-state index contributed by atoms with van der Waals surface area (Å²) >= 11 is 0. The van der Waals surface area contributed by atoms with Gasteiger partial charge in [0.25, 0.3) is 5.91 Å². The van der Waals surface area contributed by atoms with Gasteiger partial charge in [-0.05, 0) is 37.1 Å². The first-order valence-corrected chi connectivity index (χ1v) is 8.73. The maximum Gasteiger partial charge on any atom is 0.271 e. The summed E-state index contributed by atoms with van der Waals surface area (Å²) in [5, 5.41) is 8.19. The van der Waals surface area contributed by atoms with Gasteiger partial charge in [0.2, 0.25) is 10.0 Å². The molecule has 1 fully saturated rings. The van der Waals surface area contributed by atoms with Crippen molar-refractivity contribution < 1.29 is 17.9 Å². The monoisotopic (exact) mass is 322 g/mol. The maximum atomic E-state index is 12.1. The Labute approximate surface area is 130 Å². The number of sulfonamides is 1. The topological polar surface area (TPSA) is 96.3 Å². The molecule has 1 aliphatic carbocycles. The summed E-state index contributed by atoms with van der Waals surface area (Å²) in [6.45, 7) is -0.377. The highest BCUT2D eigenvalue weighted by Crippen LogP contribution is 2.23. The van der Waals surface area contributed by atoms with Crippen molar-refractivity contribution in [2.75, 3.05) is 6.61 Å². The lowest BCUT2D eigenvalue weighted by molar-refractivity contribution is -0.121. The molecule has 118 valence electrons. The number of ether oxygens (including phenoxy) is 1. The van der Waals surface area contributed by atoms with Crippen LogP contribution in [0.4, 0.5) is 0 Å². The summed E-state index contributed by atoms with van der Waals surface area (Å²) in [6.07, 6.45) is 3.99. The zero-order valence-corrected chi connectivity index (χ0v) is 12.9. The number of rotatable bonds is 5. The van der Waals surface area contributed by atoms with Crippen molar-refractivity contribution in [3.05, 3.63) is 29.8 Å². The number of carbonyl (C=O) groups is 1. The fraction of sp³-hybridized carbons (Fsp3) is 0.467. The SMILES string of the molecule is N#Cc1ccc(OCC(=O)NS(=O)(=O)C2CCCCC2)cc1. The highest BCUT2D eigenvalue weighted by Gasteiger charge is 2.28. The summed E-state index contributed by atoms with van der Waals surface area (Å²) < 4.78 is 31.4. The van der Waals surface area contributed by atoms with Crippen LogP contribution >= 0.6 is 0 Å². The van der Waals surface area contributed by atoms with Gasteiger partial charge in [0.1, 0.15) is 5.75 Å². The molecule has 7 heteroatoms. The smallest absolute Gasteiger partial charge is 0.271 e. The van der Waals surface area contributed by atoms with Crippen LogP contribution < -0.4 is 9.46 Å². The quantitative estimate of drug-likeness (QED) is 0.890. The highest BCUT2D eigenvalue weighted by molar-refractivity contribution is 7.90. The van der Waals surface area contributed by atoms with Gasteiger partial charge in [0, 0.05) is 0 Å². The van der Waals surface area contributed by atoms with Crippen LogP contribution in [0, 0.1) is 11.3 Å². The summed E-state index contributed by atoms with van der Waals surface area (Å²) in [7, 11) is -3.62. The van der Waals surface area contributed by atoms with Gasteiger partial charge in [0.05, 0.1) is 16.9 Å². The molecule has 0 unspecified atom stereocenters. The molecule has 1 saturated carbocycles. The Bertz CT molecular complexity index is 656. The average molecular weight is 322 g/mol. The molecule has 22 heavy (non-hydrogen) atoms. The lowest BCUT2D eigenvalue weighted by Crippen LogP contribution is -2.41. The molecule has 0 bridgehead atoms. The van der Waals surface area contributed by atoms with Crippen LogP contribution in [0.1, 0.15) is 37.7 Å². The zero-order chi connectivity index (χ0) is 16.0. The number of benzene rings is 1. The van der Waals surface area contributed by atoms with Crippen molar-refractivity contribution in [2.24, 2.45) is 0 Å². The van der Waals surface area contributed by atoms with Crippen LogP contribution in [-0.2, 0) is 14.8 Å². The molecule has 2 rings (SSSR count). The van der Waals surface area contributed by atoms with Crippen LogP contribution in [0.25, 0.3) is 0 Å². The summed E-state index contributed by atoms with van der Waals surface area (Å²) in [6, 6.07) is 8.21. The number of hydrogen-bond donors (Lipinski definition) is 1. The van der Waals surface area contributed by atoms with Crippen molar-refractivity contribution in [1.82, 2.24) is 4.72 Å². The van der Waals surface area contributed by atoms with Gasteiger partial charge >= 0.3 is 0 Å². The minimum absolute atomic E-state index is 0.377. The molecule has 0 radical (unpaired) electrons. The lowest BCUT2D eigenvalue weighted by Gasteiger charge is -2.21. The van der Waals surface area contributed by atoms with E-state index in [0.717, 1.165) is 19.3 Å². The van der Waals surface area contributed by atoms with Crippen molar-refractivity contribution in [3.8, 4) is 11.8 Å². The number of nitrogens with one attached hydrogen (secondary N) is 1. The summed E-state index contributed by atoms with van der Waals surface area (Å²) in [5.41, 5.74) is 0.483. The van der Waals surface area contributed by atoms with Crippen molar-refractivity contribution in [1.29, 1.82) is 5.26 Å². The number of hydrogen-bond acceptors (Lipinski definition) is 5. The van der Waals surface area contributed by atoms with Gasteiger partial charge in [-0.3, -0.25) is 4.79 Å². The molecule has 0 heterocycles. The molecule has 0 aromatic heterocycles. The largest absolute Gasteiger partial charge is 0.484 e. The normalized spacial score (nSPS) is 15.8. The second-order valence-corrected chi connectivity index (χ2v) is 7.22. The van der Waals surface area contributed by atoms with Crippen molar-refractivity contribution in [3.63, 3.8) is 0 Å². The predicted octanol–water partition coefficient (Wildman–Crippen LogP) is 1.72. The van der Waals surface area contributed by atoms with E-state index in [9.17, 15) is 13.2 Å². The standard InChI is InChI=1S/C15H18N2O4S/c16-10-12-6-8-13(9-7-12)21-11-15(18)17-22(19,20)14-4-2-1-3-5-14/h6-9,14H,1-5,11H2,(H,17,18). The highest BCUT2D eigenvalue weighted by atomic mass is 32.2. The van der Waals surface area contributed by atoms with Gasteiger partial charge in [-0.25, -0.2) is 13.1 Å². The van der Waals surface area contributed by atoms with Crippen molar-refractivity contribution in [2.45, 2.75) is 37.4 Å². The molecular formula is C15H18N2O4S. The molecule has 1 aliphatic rings. The van der Waals surface area contributed by atoms with E-state index >= 15 is 0 Å². The molecule has 1 aromatic carbocycles. The van der Waals surface area contributed by atoms with E-state index < -0.39 is 21.2 Å². The third kappa shape index (κ3) is 4.46. The van der Waals surface area contributed by atoms with Gasteiger partial charge in [-0.1, -0.05) is 19.3 Å². The Morgan fingerprint density at radius 3 is 2.45 bits per heavy atom. The number of nitrogens with zero attached hydrogens (tertiary/aromatic N) is 1. The van der Waals surface area contributed by atoms with E-state index in [2.05, 4.69) is 4.72 Å². The zero-order valence-electron chi connectivity index (χ0n) is 12.1. The predicted molar refractivity (Wildman–Crippen MR) is 80.6 cm³/mol. The number of amides is 1. The van der Waals surface area contributed by atoms with E-state index in [1.54, 1.807) is 24.3 Å². The Balaban J connectivity index is 1.85. The molecule has 0 spiro atoms. The van der Waals surface area contributed by atoms with E-state index in [0.29, 0.717) is 24.2 Å². The Morgan fingerprint density at radius 1 is 1.23 bits per heavy atom. The van der Waals surface area contributed by atoms with E-state index in [1.807, 2.05) is 6.07 Å². The molecule has 6 nitrogen and oxygen atoms in total. The Hall–Kier alpha value is -2.07. The second-order valence-electron chi connectivity index (χ2n) is 5.26. The Morgan fingerprint density at radius 2 is 1.86 bits per heavy atom. The molecule has 0 aliphatic heterocycles. The third-order valence-corrected chi connectivity index (χ3v) is 5.46. The second kappa shape index (κ2) is 7.27. The molecule has 1 amide bonds. The molecule has 0 saturated heterocycles. The number of carbonyl (C=O) groups excluding carboxylic acids is 1. The third-order valence-electron chi connectivity index (χ3n) is 3.60. The number of nitriles is 1. The average Bonchev–Trinajstić information content (AvgIpc) is 2.54. The van der Waals surface area contributed by atoms with Crippen LogP contribution in [0.15, 0.2) is 24.3 Å². The maximum absolute atomic E-state index is 12.1. The molecule has 0 atom stereocenters. The first-order valence-electron chi connectivity index (χ1n) is 7.19.